The molecule has 1 aliphatic rings. The van der Waals surface area contributed by atoms with Crippen molar-refractivity contribution in [2.45, 2.75) is 19.0 Å². The standard InChI is InChI=1S/C16H19N3O/c17-14-8-10-18(15-6-2-1-5-13(14)15)11-12-19-9-4-3-7-16(19)20/h1-7,9,14H,8,10-12,17H2. The second-order valence-electron chi connectivity index (χ2n) is 5.17. The molecule has 1 aromatic carbocycles. The summed E-state index contributed by atoms with van der Waals surface area (Å²) < 4.78 is 1.75. The number of pyridine rings is 1. The maximum Gasteiger partial charge on any atom is 0.250 e. The topological polar surface area (TPSA) is 51.3 Å². The average Bonchev–Trinajstić information content (AvgIpc) is 2.48. The molecule has 0 aliphatic carbocycles. The number of benzene rings is 1. The summed E-state index contributed by atoms with van der Waals surface area (Å²) in [5.41, 5.74) is 8.62. The molecule has 0 radical (unpaired) electrons. The van der Waals surface area contributed by atoms with Gasteiger partial charge in [-0.25, -0.2) is 0 Å². The second kappa shape index (κ2) is 5.51. The molecule has 2 N–H and O–H groups in total. The van der Waals surface area contributed by atoms with Crippen LogP contribution in [-0.4, -0.2) is 17.7 Å². The van der Waals surface area contributed by atoms with E-state index in [0.29, 0.717) is 6.54 Å². The molecule has 1 atom stereocenters. The molecule has 20 heavy (non-hydrogen) atoms. The molecule has 0 amide bonds. The van der Waals surface area contributed by atoms with E-state index in [1.54, 1.807) is 16.7 Å². The summed E-state index contributed by atoms with van der Waals surface area (Å²) >= 11 is 0. The molecule has 3 rings (SSSR count). The molecule has 1 aromatic heterocycles. The molecule has 4 nitrogen and oxygen atoms in total. The number of hydrogen-bond donors (Lipinski definition) is 1. The van der Waals surface area contributed by atoms with Crippen molar-refractivity contribution in [3.8, 4) is 0 Å². The van der Waals surface area contributed by atoms with Gasteiger partial charge in [-0.15, -0.1) is 0 Å². The average molecular weight is 269 g/mol. The molecule has 104 valence electrons. The molecular weight excluding hydrogens is 250 g/mol. The fourth-order valence-corrected chi connectivity index (χ4v) is 2.77. The van der Waals surface area contributed by atoms with Crippen LogP contribution < -0.4 is 16.2 Å². The van der Waals surface area contributed by atoms with Crippen molar-refractivity contribution in [1.82, 2.24) is 4.57 Å². The summed E-state index contributed by atoms with van der Waals surface area (Å²) in [6, 6.07) is 13.7. The molecule has 1 aliphatic heterocycles. The first-order chi connectivity index (χ1) is 9.75. The maximum absolute atomic E-state index is 11.7. The predicted molar refractivity (Wildman–Crippen MR) is 80.9 cm³/mol. The van der Waals surface area contributed by atoms with Gasteiger partial charge in [0.25, 0.3) is 5.56 Å². The van der Waals surface area contributed by atoms with Crippen molar-refractivity contribution in [1.29, 1.82) is 0 Å². The molecule has 2 aromatic rings. The van der Waals surface area contributed by atoms with Gasteiger partial charge >= 0.3 is 0 Å². The Bertz CT molecular complexity index is 650. The van der Waals surface area contributed by atoms with E-state index in [2.05, 4.69) is 17.0 Å². The number of hydrogen-bond acceptors (Lipinski definition) is 3. The Balaban J connectivity index is 1.78. The molecule has 0 bridgehead atoms. The van der Waals surface area contributed by atoms with Crippen molar-refractivity contribution in [2.24, 2.45) is 5.73 Å². The molecule has 2 heterocycles. The van der Waals surface area contributed by atoms with Gasteiger partial charge in [-0.05, 0) is 24.1 Å². The van der Waals surface area contributed by atoms with Crippen molar-refractivity contribution >= 4 is 5.69 Å². The van der Waals surface area contributed by atoms with Crippen LogP contribution in [0.4, 0.5) is 5.69 Å². The van der Waals surface area contributed by atoms with Crippen LogP contribution in [0.5, 0.6) is 0 Å². The third kappa shape index (κ3) is 2.47. The van der Waals surface area contributed by atoms with E-state index in [-0.39, 0.29) is 11.6 Å². The number of aromatic nitrogens is 1. The molecule has 1 unspecified atom stereocenters. The van der Waals surface area contributed by atoms with E-state index >= 15 is 0 Å². The predicted octanol–water partition coefficient (Wildman–Crippen LogP) is 1.76. The van der Waals surface area contributed by atoms with E-state index in [0.717, 1.165) is 19.5 Å². The minimum atomic E-state index is 0.0505. The van der Waals surface area contributed by atoms with Crippen LogP contribution in [0.25, 0.3) is 0 Å². The summed E-state index contributed by atoms with van der Waals surface area (Å²) in [5.74, 6) is 0. The van der Waals surface area contributed by atoms with Gasteiger partial charge in [0.15, 0.2) is 0 Å². The highest BCUT2D eigenvalue weighted by molar-refractivity contribution is 5.56. The summed E-state index contributed by atoms with van der Waals surface area (Å²) in [5, 5.41) is 0. The summed E-state index contributed by atoms with van der Waals surface area (Å²) in [7, 11) is 0. The lowest BCUT2D eigenvalue weighted by Crippen LogP contribution is -2.37. The van der Waals surface area contributed by atoms with Crippen LogP contribution in [0.15, 0.2) is 53.5 Å². The number of rotatable bonds is 3. The second-order valence-corrected chi connectivity index (χ2v) is 5.17. The van der Waals surface area contributed by atoms with Gasteiger partial charge in [0.1, 0.15) is 0 Å². The lowest BCUT2D eigenvalue weighted by molar-refractivity contribution is 0.562. The molecule has 4 heteroatoms. The van der Waals surface area contributed by atoms with Crippen LogP contribution >= 0.6 is 0 Å². The first-order valence-corrected chi connectivity index (χ1v) is 7.00. The van der Waals surface area contributed by atoms with Crippen molar-refractivity contribution in [3.63, 3.8) is 0 Å². The number of anilines is 1. The van der Waals surface area contributed by atoms with Crippen molar-refractivity contribution < 1.29 is 0 Å². The summed E-state index contributed by atoms with van der Waals surface area (Å²) in [4.78, 5) is 14.0. The van der Waals surface area contributed by atoms with Crippen LogP contribution in [0.2, 0.25) is 0 Å². The normalized spacial score (nSPS) is 17.9. The lowest BCUT2D eigenvalue weighted by atomic mass is 9.97. The highest BCUT2D eigenvalue weighted by Gasteiger charge is 2.21. The van der Waals surface area contributed by atoms with Crippen LogP contribution in [-0.2, 0) is 6.54 Å². The Morgan fingerprint density at radius 2 is 1.90 bits per heavy atom. The largest absolute Gasteiger partial charge is 0.369 e. The minimum absolute atomic E-state index is 0.0505. The van der Waals surface area contributed by atoms with E-state index in [4.69, 9.17) is 5.73 Å². The van der Waals surface area contributed by atoms with Crippen LogP contribution in [0.1, 0.15) is 18.0 Å². The Labute approximate surface area is 118 Å². The molecule has 0 spiro atoms. The molecule has 0 saturated carbocycles. The number of nitrogens with two attached hydrogens (primary N) is 1. The Morgan fingerprint density at radius 3 is 2.75 bits per heavy atom. The quantitative estimate of drug-likeness (QED) is 0.923. The zero-order valence-corrected chi connectivity index (χ0v) is 11.4. The summed E-state index contributed by atoms with van der Waals surface area (Å²) in [6.07, 6.45) is 2.80. The van der Waals surface area contributed by atoms with Gasteiger partial charge in [0.05, 0.1) is 0 Å². The fourth-order valence-electron chi connectivity index (χ4n) is 2.77. The van der Waals surface area contributed by atoms with Gasteiger partial charge in [-0.2, -0.15) is 0 Å². The van der Waals surface area contributed by atoms with E-state index < -0.39 is 0 Å². The Morgan fingerprint density at radius 1 is 1.10 bits per heavy atom. The van der Waals surface area contributed by atoms with Gasteiger partial charge in [-0.3, -0.25) is 4.79 Å². The molecule has 0 saturated heterocycles. The minimum Gasteiger partial charge on any atom is -0.369 e. The zero-order valence-electron chi connectivity index (χ0n) is 11.4. The van der Waals surface area contributed by atoms with Crippen molar-refractivity contribution in [2.75, 3.05) is 18.0 Å². The van der Waals surface area contributed by atoms with Gasteiger partial charge in [-0.1, -0.05) is 24.3 Å². The Hall–Kier alpha value is -2.07. The smallest absolute Gasteiger partial charge is 0.250 e. The number of para-hydroxylation sites is 1. The summed E-state index contributed by atoms with van der Waals surface area (Å²) in [6.45, 7) is 2.47. The maximum atomic E-state index is 11.7. The van der Waals surface area contributed by atoms with Gasteiger partial charge in [0, 0.05) is 43.6 Å². The molecular formula is C16H19N3O. The first-order valence-electron chi connectivity index (χ1n) is 7.00. The number of nitrogens with zero attached hydrogens (tertiary/aromatic N) is 2. The van der Waals surface area contributed by atoms with Crippen molar-refractivity contribution in [3.05, 3.63) is 64.6 Å². The van der Waals surface area contributed by atoms with Gasteiger partial charge < -0.3 is 15.2 Å². The Kier molecular flexibility index (Phi) is 3.56. The van der Waals surface area contributed by atoms with E-state index in [9.17, 15) is 4.79 Å². The first kappa shape index (κ1) is 12.9. The zero-order chi connectivity index (χ0) is 13.9. The van der Waals surface area contributed by atoms with Crippen LogP contribution in [0.3, 0.4) is 0 Å². The van der Waals surface area contributed by atoms with E-state index in [1.807, 2.05) is 24.4 Å². The highest BCUT2D eigenvalue weighted by Crippen LogP contribution is 2.31. The fraction of sp³-hybridized carbons (Fsp3) is 0.312. The monoisotopic (exact) mass is 269 g/mol. The van der Waals surface area contributed by atoms with Crippen LogP contribution in [0, 0.1) is 0 Å². The third-order valence-electron chi connectivity index (χ3n) is 3.90. The lowest BCUT2D eigenvalue weighted by Gasteiger charge is -2.34. The van der Waals surface area contributed by atoms with E-state index in [1.165, 1.54) is 11.3 Å². The number of fused-ring (bicyclic) bond motifs is 1. The highest BCUT2D eigenvalue weighted by atomic mass is 16.1. The SMILES string of the molecule is NC1CCN(CCn2ccccc2=O)c2ccccc21. The van der Waals surface area contributed by atoms with Gasteiger partial charge in [0.2, 0.25) is 0 Å². The third-order valence-corrected chi connectivity index (χ3v) is 3.90. The molecule has 0 fully saturated rings.